The smallest absolute Gasteiger partial charge is 0.106 e. The van der Waals surface area contributed by atoms with Crippen molar-refractivity contribution in [2.75, 3.05) is 7.05 Å². The Morgan fingerprint density at radius 3 is 2.50 bits per heavy atom. The highest BCUT2D eigenvalue weighted by Gasteiger charge is 2.18. The van der Waals surface area contributed by atoms with E-state index in [0.717, 1.165) is 27.1 Å². The lowest BCUT2D eigenvalue weighted by molar-refractivity contribution is 0.497. The van der Waals surface area contributed by atoms with Crippen molar-refractivity contribution in [2.24, 2.45) is 0 Å². The minimum Gasteiger partial charge on any atom is -0.466 e. The normalized spacial score (nSPS) is 12.7. The van der Waals surface area contributed by atoms with E-state index in [0.29, 0.717) is 5.02 Å². The Bertz CT molecular complexity index is 565. The maximum Gasteiger partial charge on any atom is 0.106 e. The third-order valence-electron chi connectivity index (χ3n) is 2.96. The van der Waals surface area contributed by atoms with Crippen molar-refractivity contribution in [3.63, 3.8) is 0 Å². The summed E-state index contributed by atoms with van der Waals surface area (Å²) in [6.07, 6.45) is 0. The molecule has 0 saturated carbocycles. The van der Waals surface area contributed by atoms with E-state index in [2.05, 4.69) is 33.4 Å². The van der Waals surface area contributed by atoms with Gasteiger partial charge in [0.2, 0.25) is 0 Å². The summed E-state index contributed by atoms with van der Waals surface area (Å²) in [5.74, 6) is 1.86. The zero-order chi connectivity index (χ0) is 13.3. The van der Waals surface area contributed by atoms with E-state index in [1.807, 2.05) is 33.0 Å². The average Bonchev–Trinajstić information content (AvgIpc) is 2.64. The summed E-state index contributed by atoms with van der Waals surface area (Å²) >= 11 is 9.55. The van der Waals surface area contributed by atoms with Crippen LogP contribution in [0.25, 0.3) is 0 Å². The first-order valence-corrected chi connectivity index (χ1v) is 6.89. The summed E-state index contributed by atoms with van der Waals surface area (Å²) in [7, 11) is 1.93. The summed E-state index contributed by atoms with van der Waals surface area (Å²) in [6.45, 7) is 3.94. The Morgan fingerprint density at radius 2 is 2.00 bits per heavy atom. The molecule has 0 radical (unpaired) electrons. The summed E-state index contributed by atoms with van der Waals surface area (Å²) < 4.78 is 6.50. The van der Waals surface area contributed by atoms with Crippen LogP contribution < -0.4 is 5.32 Å². The molecule has 2 rings (SSSR count). The van der Waals surface area contributed by atoms with Gasteiger partial charge >= 0.3 is 0 Å². The molecule has 0 aliphatic carbocycles. The Labute approximate surface area is 120 Å². The molecule has 0 bridgehead atoms. The van der Waals surface area contributed by atoms with Crippen molar-refractivity contribution in [3.8, 4) is 0 Å². The van der Waals surface area contributed by atoms with Crippen LogP contribution in [0.3, 0.4) is 0 Å². The van der Waals surface area contributed by atoms with Crippen LogP contribution in [0.5, 0.6) is 0 Å². The standard InChI is InChI=1S/C14H15BrClNO/c1-8-6-11(9(2)18-8)14(17-3)10-4-5-12(15)13(16)7-10/h4-7,14,17H,1-3H3. The molecule has 4 heteroatoms. The van der Waals surface area contributed by atoms with E-state index < -0.39 is 0 Å². The molecule has 1 unspecified atom stereocenters. The second kappa shape index (κ2) is 5.47. The lowest BCUT2D eigenvalue weighted by atomic mass is 9.99. The zero-order valence-corrected chi connectivity index (χ0v) is 12.9. The highest BCUT2D eigenvalue weighted by molar-refractivity contribution is 9.10. The van der Waals surface area contributed by atoms with Crippen LogP contribution in [0, 0.1) is 13.8 Å². The number of nitrogens with one attached hydrogen (secondary N) is 1. The highest BCUT2D eigenvalue weighted by atomic mass is 79.9. The van der Waals surface area contributed by atoms with Gasteiger partial charge in [0.15, 0.2) is 0 Å². The molecule has 1 heterocycles. The zero-order valence-electron chi connectivity index (χ0n) is 10.6. The Balaban J connectivity index is 2.45. The van der Waals surface area contributed by atoms with Gasteiger partial charge in [-0.2, -0.15) is 0 Å². The first-order chi connectivity index (χ1) is 8.52. The number of hydrogen-bond donors (Lipinski definition) is 1. The van der Waals surface area contributed by atoms with Crippen molar-refractivity contribution in [3.05, 3.63) is 56.4 Å². The van der Waals surface area contributed by atoms with E-state index >= 15 is 0 Å². The Kier molecular flexibility index (Phi) is 4.15. The van der Waals surface area contributed by atoms with Crippen LogP contribution in [0.2, 0.25) is 5.02 Å². The minimum absolute atomic E-state index is 0.0908. The molecule has 1 atom stereocenters. The van der Waals surface area contributed by atoms with Gasteiger partial charge < -0.3 is 9.73 Å². The van der Waals surface area contributed by atoms with E-state index in [-0.39, 0.29) is 6.04 Å². The van der Waals surface area contributed by atoms with Crippen LogP contribution >= 0.6 is 27.5 Å². The van der Waals surface area contributed by atoms with E-state index in [4.69, 9.17) is 16.0 Å². The maximum absolute atomic E-state index is 6.15. The molecule has 2 aromatic rings. The Morgan fingerprint density at radius 1 is 1.28 bits per heavy atom. The van der Waals surface area contributed by atoms with Gasteiger partial charge in [-0.15, -0.1) is 0 Å². The first kappa shape index (κ1) is 13.7. The van der Waals surface area contributed by atoms with Crippen LogP contribution in [-0.4, -0.2) is 7.05 Å². The van der Waals surface area contributed by atoms with Crippen molar-refractivity contribution >= 4 is 27.5 Å². The summed E-state index contributed by atoms with van der Waals surface area (Å²) in [5.41, 5.74) is 2.27. The molecule has 96 valence electrons. The van der Waals surface area contributed by atoms with Crippen LogP contribution in [-0.2, 0) is 0 Å². The fraction of sp³-hybridized carbons (Fsp3) is 0.286. The van der Waals surface area contributed by atoms with E-state index in [1.165, 1.54) is 0 Å². The monoisotopic (exact) mass is 327 g/mol. The molecule has 1 aromatic heterocycles. The lowest BCUT2D eigenvalue weighted by Crippen LogP contribution is -2.17. The van der Waals surface area contributed by atoms with Gasteiger partial charge in [0.05, 0.1) is 11.1 Å². The minimum atomic E-state index is 0.0908. The Hall–Kier alpha value is -0.770. The van der Waals surface area contributed by atoms with Crippen LogP contribution in [0.4, 0.5) is 0 Å². The number of halogens is 2. The molecule has 0 fully saturated rings. The maximum atomic E-state index is 6.15. The van der Waals surface area contributed by atoms with Crippen molar-refractivity contribution < 1.29 is 4.42 Å². The fourth-order valence-corrected chi connectivity index (χ4v) is 2.57. The van der Waals surface area contributed by atoms with Gasteiger partial charge in [0.25, 0.3) is 0 Å². The average molecular weight is 329 g/mol. The molecule has 0 aliphatic heterocycles. The van der Waals surface area contributed by atoms with Crippen LogP contribution in [0.15, 0.2) is 33.2 Å². The van der Waals surface area contributed by atoms with Crippen LogP contribution in [0.1, 0.15) is 28.7 Å². The quantitative estimate of drug-likeness (QED) is 0.889. The van der Waals surface area contributed by atoms with E-state index in [1.54, 1.807) is 0 Å². The number of aryl methyl sites for hydroxylation is 2. The number of furan rings is 1. The third kappa shape index (κ3) is 2.63. The highest BCUT2D eigenvalue weighted by Crippen LogP contribution is 2.31. The van der Waals surface area contributed by atoms with Crippen molar-refractivity contribution in [2.45, 2.75) is 19.9 Å². The molecule has 0 saturated heterocycles. The number of hydrogen-bond acceptors (Lipinski definition) is 2. The van der Waals surface area contributed by atoms with Crippen molar-refractivity contribution in [1.29, 1.82) is 0 Å². The number of benzene rings is 1. The number of rotatable bonds is 3. The third-order valence-corrected chi connectivity index (χ3v) is 4.19. The molecular weight excluding hydrogens is 314 g/mol. The van der Waals surface area contributed by atoms with Gasteiger partial charge in [0, 0.05) is 10.0 Å². The first-order valence-electron chi connectivity index (χ1n) is 5.72. The molecule has 18 heavy (non-hydrogen) atoms. The summed E-state index contributed by atoms with van der Waals surface area (Å²) in [6, 6.07) is 8.14. The molecule has 0 amide bonds. The molecular formula is C14H15BrClNO. The molecule has 1 aromatic carbocycles. The van der Waals surface area contributed by atoms with Gasteiger partial charge in [-0.05, 0) is 60.6 Å². The molecule has 1 N–H and O–H groups in total. The van der Waals surface area contributed by atoms with Gasteiger partial charge in [-0.3, -0.25) is 0 Å². The fourth-order valence-electron chi connectivity index (χ4n) is 2.13. The van der Waals surface area contributed by atoms with Crippen molar-refractivity contribution in [1.82, 2.24) is 5.32 Å². The second-order valence-electron chi connectivity index (χ2n) is 4.26. The topological polar surface area (TPSA) is 25.2 Å². The molecule has 0 aliphatic rings. The lowest BCUT2D eigenvalue weighted by Gasteiger charge is -2.16. The SMILES string of the molecule is CNC(c1ccc(Br)c(Cl)c1)c1cc(C)oc1C. The van der Waals surface area contributed by atoms with Gasteiger partial charge in [-0.1, -0.05) is 17.7 Å². The molecule has 0 spiro atoms. The molecule has 2 nitrogen and oxygen atoms in total. The summed E-state index contributed by atoms with van der Waals surface area (Å²) in [5, 5.41) is 4.02. The largest absolute Gasteiger partial charge is 0.466 e. The van der Waals surface area contributed by atoms with Gasteiger partial charge in [0.1, 0.15) is 11.5 Å². The second-order valence-corrected chi connectivity index (χ2v) is 5.53. The van der Waals surface area contributed by atoms with Gasteiger partial charge in [-0.25, -0.2) is 0 Å². The predicted octanol–water partition coefficient (Wildman–Crippen LogP) is 4.62. The summed E-state index contributed by atoms with van der Waals surface area (Å²) in [4.78, 5) is 0. The predicted molar refractivity (Wildman–Crippen MR) is 78.2 cm³/mol. The van der Waals surface area contributed by atoms with E-state index in [9.17, 15) is 0 Å².